The van der Waals surface area contributed by atoms with Gasteiger partial charge < -0.3 is 20.1 Å². The summed E-state index contributed by atoms with van der Waals surface area (Å²) < 4.78 is 0. The number of amides is 1. The molecule has 6 rings (SSSR count). The van der Waals surface area contributed by atoms with Crippen molar-refractivity contribution in [2.24, 2.45) is 5.92 Å². The van der Waals surface area contributed by atoms with Gasteiger partial charge >= 0.3 is 0 Å². The molecule has 10 heteroatoms. The monoisotopic (exact) mass is 495 g/mol. The molecule has 6 heterocycles. The summed E-state index contributed by atoms with van der Waals surface area (Å²) in [6, 6.07) is 8.10. The Labute approximate surface area is 214 Å². The summed E-state index contributed by atoms with van der Waals surface area (Å²) in [4.78, 5) is 34.0. The van der Waals surface area contributed by atoms with E-state index in [-0.39, 0.29) is 11.8 Å². The van der Waals surface area contributed by atoms with Crippen LogP contribution in [0.1, 0.15) is 13.8 Å². The molecular formula is C27H29N9O. The van der Waals surface area contributed by atoms with E-state index in [9.17, 15) is 4.79 Å². The average Bonchev–Trinajstić information content (AvgIpc) is 3.53. The Morgan fingerprint density at radius 2 is 1.81 bits per heavy atom. The van der Waals surface area contributed by atoms with Crippen LogP contribution in [0.15, 0.2) is 49.1 Å². The van der Waals surface area contributed by atoms with E-state index in [1.165, 1.54) is 0 Å². The van der Waals surface area contributed by atoms with E-state index in [4.69, 9.17) is 4.98 Å². The van der Waals surface area contributed by atoms with Gasteiger partial charge in [0.15, 0.2) is 5.65 Å². The van der Waals surface area contributed by atoms with Gasteiger partial charge in [0.1, 0.15) is 5.82 Å². The number of piperazine rings is 1. The van der Waals surface area contributed by atoms with Gasteiger partial charge in [0.25, 0.3) is 0 Å². The van der Waals surface area contributed by atoms with Crippen LogP contribution in [0.5, 0.6) is 0 Å². The third kappa shape index (κ3) is 4.40. The van der Waals surface area contributed by atoms with Crippen molar-refractivity contribution in [3.63, 3.8) is 0 Å². The molecule has 0 atom stereocenters. The number of anilines is 2. The molecule has 3 N–H and O–H groups in total. The zero-order chi connectivity index (χ0) is 25.5. The molecule has 1 amide bonds. The van der Waals surface area contributed by atoms with E-state index in [2.05, 4.69) is 59.4 Å². The average molecular weight is 496 g/mol. The van der Waals surface area contributed by atoms with Gasteiger partial charge in [-0.3, -0.25) is 14.9 Å². The molecule has 37 heavy (non-hydrogen) atoms. The standard InChI is InChI=1S/C27H29N9O/c1-16(2)27(37)31-19-10-17(13-28-15-19)18-11-21-24(33-34-25(21)30-14-18)23-12-20-22(32-23)4-5-29-26(20)36-8-6-35(3)7-9-36/h4-5,10-16,32H,6-9H2,1-3H3,(H,31,37)(H,30,33,34). The Morgan fingerprint density at radius 1 is 1.00 bits per heavy atom. The topological polar surface area (TPSA) is 119 Å². The maximum Gasteiger partial charge on any atom is 0.226 e. The predicted molar refractivity (Wildman–Crippen MR) is 145 cm³/mol. The lowest BCUT2D eigenvalue weighted by molar-refractivity contribution is -0.118. The lowest BCUT2D eigenvalue weighted by atomic mass is 10.1. The number of hydrogen-bond donors (Lipinski definition) is 3. The molecule has 5 aromatic heterocycles. The molecule has 0 radical (unpaired) electrons. The van der Waals surface area contributed by atoms with Crippen molar-refractivity contribution < 1.29 is 4.79 Å². The van der Waals surface area contributed by atoms with E-state index in [0.717, 1.165) is 70.8 Å². The van der Waals surface area contributed by atoms with Crippen LogP contribution in [-0.4, -0.2) is 74.2 Å². The second kappa shape index (κ2) is 9.29. The van der Waals surface area contributed by atoms with Crippen LogP contribution in [0.25, 0.3) is 44.5 Å². The summed E-state index contributed by atoms with van der Waals surface area (Å²) in [5, 5.41) is 12.5. The van der Waals surface area contributed by atoms with Crippen LogP contribution in [0.3, 0.4) is 0 Å². The zero-order valence-electron chi connectivity index (χ0n) is 21.1. The largest absolute Gasteiger partial charge is 0.353 e. The lowest BCUT2D eigenvalue weighted by Gasteiger charge is -2.33. The van der Waals surface area contributed by atoms with Gasteiger partial charge in [-0.2, -0.15) is 5.10 Å². The third-order valence-corrected chi connectivity index (χ3v) is 6.87. The molecule has 0 unspecified atom stereocenters. The van der Waals surface area contributed by atoms with E-state index in [0.29, 0.717) is 11.3 Å². The molecule has 1 saturated heterocycles. The summed E-state index contributed by atoms with van der Waals surface area (Å²) in [6.45, 7) is 7.67. The summed E-state index contributed by atoms with van der Waals surface area (Å²) in [6.07, 6.45) is 7.05. The van der Waals surface area contributed by atoms with E-state index in [1.807, 2.05) is 32.2 Å². The summed E-state index contributed by atoms with van der Waals surface area (Å²) >= 11 is 0. The fourth-order valence-electron chi connectivity index (χ4n) is 4.66. The van der Waals surface area contributed by atoms with Crippen molar-refractivity contribution in [3.8, 4) is 22.5 Å². The second-order valence-corrected chi connectivity index (χ2v) is 9.87. The number of aromatic amines is 2. The van der Waals surface area contributed by atoms with Gasteiger partial charge in [-0.25, -0.2) is 9.97 Å². The van der Waals surface area contributed by atoms with E-state index < -0.39 is 0 Å². The molecule has 10 nitrogen and oxygen atoms in total. The fourth-order valence-corrected chi connectivity index (χ4v) is 4.66. The number of aromatic nitrogens is 6. The third-order valence-electron chi connectivity index (χ3n) is 6.87. The first-order chi connectivity index (χ1) is 18.0. The second-order valence-electron chi connectivity index (χ2n) is 9.87. The number of H-pyrrole nitrogens is 2. The van der Waals surface area contributed by atoms with Crippen LogP contribution in [0.4, 0.5) is 11.5 Å². The first kappa shape index (κ1) is 23.1. The minimum Gasteiger partial charge on any atom is -0.353 e. The molecule has 5 aromatic rings. The highest BCUT2D eigenvalue weighted by Crippen LogP contribution is 2.33. The lowest BCUT2D eigenvalue weighted by Crippen LogP contribution is -2.44. The summed E-state index contributed by atoms with van der Waals surface area (Å²) in [7, 11) is 2.15. The van der Waals surface area contributed by atoms with Crippen molar-refractivity contribution >= 4 is 39.3 Å². The Balaban J connectivity index is 1.36. The number of rotatable bonds is 5. The molecule has 0 aliphatic carbocycles. The van der Waals surface area contributed by atoms with Gasteiger partial charge in [-0.1, -0.05) is 13.8 Å². The van der Waals surface area contributed by atoms with Gasteiger partial charge in [0, 0.05) is 72.6 Å². The molecule has 0 aromatic carbocycles. The van der Waals surface area contributed by atoms with Gasteiger partial charge in [-0.15, -0.1) is 0 Å². The Bertz CT molecular complexity index is 1590. The Morgan fingerprint density at radius 3 is 2.62 bits per heavy atom. The molecule has 0 saturated carbocycles. The minimum atomic E-state index is -0.113. The van der Waals surface area contributed by atoms with Gasteiger partial charge in [0.2, 0.25) is 5.91 Å². The normalized spacial score (nSPS) is 14.6. The summed E-state index contributed by atoms with van der Waals surface area (Å²) in [5.41, 5.74) is 5.86. The Hall–Kier alpha value is -4.31. The maximum atomic E-state index is 12.1. The van der Waals surface area contributed by atoms with Crippen molar-refractivity contribution in [1.82, 2.24) is 35.0 Å². The van der Waals surface area contributed by atoms with Crippen LogP contribution in [0.2, 0.25) is 0 Å². The number of pyridine rings is 3. The Kier molecular flexibility index (Phi) is 5.80. The van der Waals surface area contributed by atoms with Crippen molar-refractivity contribution in [3.05, 3.63) is 49.1 Å². The molecule has 188 valence electrons. The van der Waals surface area contributed by atoms with Crippen LogP contribution in [-0.2, 0) is 4.79 Å². The molecule has 1 fully saturated rings. The number of nitrogens with one attached hydrogen (secondary N) is 3. The van der Waals surface area contributed by atoms with Crippen LogP contribution >= 0.6 is 0 Å². The molecular weight excluding hydrogens is 466 g/mol. The summed E-state index contributed by atoms with van der Waals surface area (Å²) in [5.74, 6) is 0.842. The van der Waals surface area contributed by atoms with Gasteiger partial charge in [0.05, 0.1) is 28.8 Å². The highest BCUT2D eigenvalue weighted by molar-refractivity contribution is 5.99. The highest BCUT2D eigenvalue weighted by atomic mass is 16.1. The zero-order valence-corrected chi connectivity index (χ0v) is 21.1. The number of fused-ring (bicyclic) bond motifs is 2. The SMILES string of the molecule is CC(C)C(=O)Nc1cncc(-c2cnc3n[nH]c(-c4cc5c(N6CCN(C)CC6)nccc5[nH]4)c3c2)c1. The van der Waals surface area contributed by atoms with Gasteiger partial charge in [-0.05, 0) is 31.3 Å². The maximum absolute atomic E-state index is 12.1. The van der Waals surface area contributed by atoms with Crippen molar-refractivity contribution in [1.29, 1.82) is 0 Å². The van der Waals surface area contributed by atoms with Crippen molar-refractivity contribution in [2.75, 3.05) is 43.4 Å². The number of carbonyl (C=O) groups is 1. The van der Waals surface area contributed by atoms with Crippen molar-refractivity contribution in [2.45, 2.75) is 13.8 Å². The first-order valence-corrected chi connectivity index (χ1v) is 12.5. The fraction of sp³-hybridized carbons (Fsp3) is 0.296. The first-order valence-electron chi connectivity index (χ1n) is 12.5. The molecule has 1 aliphatic heterocycles. The predicted octanol–water partition coefficient (Wildman–Crippen LogP) is 3.91. The van der Waals surface area contributed by atoms with E-state index in [1.54, 1.807) is 18.6 Å². The van der Waals surface area contributed by atoms with E-state index >= 15 is 0 Å². The minimum absolute atomic E-state index is 0.0473. The number of likely N-dealkylation sites (N-methyl/N-ethyl adjacent to an activating group) is 1. The van der Waals surface area contributed by atoms with Crippen LogP contribution < -0.4 is 10.2 Å². The molecule has 0 bridgehead atoms. The quantitative estimate of drug-likeness (QED) is 0.338. The molecule has 0 spiro atoms. The number of hydrogen-bond acceptors (Lipinski definition) is 7. The highest BCUT2D eigenvalue weighted by Gasteiger charge is 2.20. The van der Waals surface area contributed by atoms with Crippen LogP contribution in [0, 0.1) is 5.92 Å². The molecule has 1 aliphatic rings. The number of carbonyl (C=O) groups excluding carboxylic acids is 1. The number of nitrogens with zero attached hydrogens (tertiary/aromatic N) is 6. The smallest absolute Gasteiger partial charge is 0.226 e.